The minimum atomic E-state index is -0.501. The lowest BCUT2D eigenvalue weighted by atomic mass is 10.2. The van der Waals surface area contributed by atoms with Crippen molar-refractivity contribution in [2.75, 3.05) is 13.1 Å². The van der Waals surface area contributed by atoms with E-state index in [1.165, 1.54) is 12.1 Å². The van der Waals surface area contributed by atoms with Gasteiger partial charge in [0.1, 0.15) is 23.3 Å². The van der Waals surface area contributed by atoms with Gasteiger partial charge in [-0.05, 0) is 32.9 Å². The van der Waals surface area contributed by atoms with Crippen LogP contribution in [0.25, 0.3) is 0 Å². The quantitative estimate of drug-likeness (QED) is 0.835. The van der Waals surface area contributed by atoms with Crippen molar-refractivity contribution >= 4 is 6.09 Å². The van der Waals surface area contributed by atoms with Gasteiger partial charge in [-0.25, -0.2) is 9.18 Å². The van der Waals surface area contributed by atoms with E-state index in [2.05, 4.69) is 0 Å². The van der Waals surface area contributed by atoms with Crippen LogP contribution < -0.4 is 4.74 Å². The number of carbonyl (C=O) groups excluding carboxylic acids is 1. The summed E-state index contributed by atoms with van der Waals surface area (Å²) in [5.74, 6) is 0.158. The molecule has 0 N–H and O–H groups in total. The van der Waals surface area contributed by atoms with Gasteiger partial charge in [-0.2, -0.15) is 0 Å². The van der Waals surface area contributed by atoms with Crippen molar-refractivity contribution in [3.8, 4) is 5.75 Å². The molecule has 1 heterocycles. The number of halogens is 1. The minimum absolute atomic E-state index is 0.121. The maximum Gasteiger partial charge on any atom is 0.410 e. The Morgan fingerprint density at radius 1 is 1.40 bits per heavy atom. The molecule has 20 heavy (non-hydrogen) atoms. The number of hydrogen-bond acceptors (Lipinski definition) is 3. The average Bonchev–Trinajstić information content (AvgIpc) is 2.75. The molecule has 1 fully saturated rings. The molecule has 0 aliphatic carbocycles. The van der Waals surface area contributed by atoms with E-state index in [0.29, 0.717) is 18.8 Å². The van der Waals surface area contributed by atoms with E-state index in [4.69, 9.17) is 9.47 Å². The summed E-state index contributed by atoms with van der Waals surface area (Å²) in [4.78, 5) is 13.5. The molecule has 4 nitrogen and oxygen atoms in total. The predicted octanol–water partition coefficient (Wildman–Crippen LogP) is 3.21. The normalized spacial score (nSPS) is 19.0. The molecule has 0 bridgehead atoms. The highest BCUT2D eigenvalue weighted by atomic mass is 19.1. The maximum atomic E-state index is 13.1. The van der Waals surface area contributed by atoms with Gasteiger partial charge in [0, 0.05) is 19.0 Å². The molecule has 1 aromatic carbocycles. The molecule has 0 unspecified atom stereocenters. The maximum absolute atomic E-state index is 13.1. The molecular weight excluding hydrogens is 261 g/mol. The molecule has 1 aromatic rings. The Hall–Kier alpha value is -1.78. The standard InChI is InChI=1S/C15H20FNO3/c1-15(2,3)20-14(18)17-8-7-13(10-17)19-12-6-4-5-11(16)9-12/h4-6,9,13H,7-8,10H2,1-3H3/t13-/m0/s1. The first-order valence-corrected chi connectivity index (χ1v) is 6.74. The third-order valence-electron chi connectivity index (χ3n) is 2.90. The lowest BCUT2D eigenvalue weighted by molar-refractivity contribution is 0.0275. The van der Waals surface area contributed by atoms with Gasteiger partial charge in [0.05, 0.1) is 6.54 Å². The van der Waals surface area contributed by atoms with E-state index < -0.39 is 5.60 Å². The Bertz CT molecular complexity index is 484. The first-order chi connectivity index (χ1) is 9.33. The molecule has 1 atom stereocenters. The first-order valence-electron chi connectivity index (χ1n) is 6.74. The van der Waals surface area contributed by atoms with Crippen LogP contribution in [-0.4, -0.2) is 35.8 Å². The summed E-state index contributed by atoms with van der Waals surface area (Å²) in [6.07, 6.45) is 0.266. The lowest BCUT2D eigenvalue weighted by Gasteiger charge is -2.24. The largest absolute Gasteiger partial charge is 0.488 e. The first kappa shape index (κ1) is 14.6. The van der Waals surface area contributed by atoms with Crippen LogP contribution in [-0.2, 0) is 4.74 Å². The molecule has 1 aliphatic rings. The van der Waals surface area contributed by atoms with Crippen LogP contribution in [0.5, 0.6) is 5.75 Å². The number of rotatable bonds is 2. The van der Waals surface area contributed by atoms with E-state index in [9.17, 15) is 9.18 Å². The predicted molar refractivity (Wildman–Crippen MR) is 73.2 cm³/mol. The Labute approximate surface area is 118 Å². The molecule has 0 aromatic heterocycles. The van der Waals surface area contributed by atoms with Gasteiger partial charge < -0.3 is 14.4 Å². The molecule has 1 amide bonds. The zero-order valence-electron chi connectivity index (χ0n) is 12.1. The van der Waals surface area contributed by atoms with Gasteiger partial charge in [-0.1, -0.05) is 6.07 Å². The number of carbonyl (C=O) groups is 1. The van der Waals surface area contributed by atoms with Crippen LogP contribution >= 0.6 is 0 Å². The van der Waals surface area contributed by atoms with E-state index in [1.54, 1.807) is 17.0 Å². The Morgan fingerprint density at radius 2 is 2.15 bits per heavy atom. The molecule has 1 saturated heterocycles. The van der Waals surface area contributed by atoms with Crippen LogP contribution in [0.3, 0.4) is 0 Å². The van der Waals surface area contributed by atoms with Crippen LogP contribution in [0, 0.1) is 5.82 Å². The van der Waals surface area contributed by atoms with Crippen LogP contribution in [0.4, 0.5) is 9.18 Å². The Balaban J connectivity index is 1.88. The minimum Gasteiger partial charge on any atom is -0.488 e. The van der Waals surface area contributed by atoms with Crippen molar-refractivity contribution in [2.24, 2.45) is 0 Å². The number of amides is 1. The van der Waals surface area contributed by atoms with E-state index in [-0.39, 0.29) is 18.0 Å². The number of benzene rings is 1. The second-order valence-electron chi connectivity index (χ2n) is 5.91. The number of likely N-dealkylation sites (tertiary alicyclic amines) is 1. The van der Waals surface area contributed by atoms with Crippen LogP contribution in [0.1, 0.15) is 27.2 Å². The van der Waals surface area contributed by atoms with Crippen molar-refractivity contribution in [2.45, 2.75) is 38.9 Å². The average molecular weight is 281 g/mol. The molecule has 0 radical (unpaired) electrons. The van der Waals surface area contributed by atoms with Crippen molar-refractivity contribution in [1.82, 2.24) is 4.90 Å². The van der Waals surface area contributed by atoms with Crippen molar-refractivity contribution < 1.29 is 18.7 Å². The Kier molecular flexibility index (Phi) is 4.16. The summed E-state index contributed by atoms with van der Waals surface area (Å²) < 4.78 is 24.1. The fourth-order valence-electron chi connectivity index (χ4n) is 2.05. The van der Waals surface area contributed by atoms with Crippen molar-refractivity contribution in [1.29, 1.82) is 0 Å². The molecule has 2 rings (SSSR count). The molecule has 5 heteroatoms. The van der Waals surface area contributed by atoms with E-state index >= 15 is 0 Å². The smallest absolute Gasteiger partial charge is 0.410 e. The zero-order valence-corrected chi connectivity index (χ0v) is 12.1. The highest BCUT2D eigenvalue weighted by Gasteiger charge is 2.30. The molecule has 0 spiro atoms. The van der Waals surface area contributed by atoms with Gasteiger partial charge in [-0.15, -0.1) is 0 Å². The summed E-state index contributed by atoms with van der Waals surface area (Å²) in [5, 5.41) is 0. The van der Waals surface area contributed by atoms with Gasteiger partial charge >= 0.3 is 6.09 Å². The van der Waals surface area contributed by atoms with Crippen LogP contribution in [0.15, 0.2) is 24.3 Å². The zero-order chi connectivity index (χ0) is 14.8. The third kappa shape index (κ3) is 4.11. The van der Waals surface area contributed by atoms with Gasteiger partial charge in [0.2, 0.25) is 0 Å². The summed E-state index contributed by atoms with van der Waals surface area (Å²) >= 11 is 0. The lowest BCUT2D eigenvalue weighted by Crippen LogP contribution is -2.36. The van der Waals surface area contributed by atoms with Crippen molar-refractivity contribution in [3.63, 3.8) is 0 Å². The topological polar surface area (TPSA) is 38.8 Å². The second-order valence-corrected chi connectivity index (χ2v) is 5.91. The van der Waals surface area contributed by atoms with Gasteiger partial charge in [0.25, 0.3) is 0 Å². The molecular formula is C15H20FNO3. The van der Waals surface area contributed by atoms with E-state index in [1.807, 2.05) is 20.8 Å². The highest BCUT2D eigenvalue weighted by Crippen LogP contribution is 2.20. The number of ether oxygens (including phenoxy) is 2. The highest BCUT2D eigenvalue weighted by molar-refractivity contribution is 5.68. The fourth-order valence-corrected chi connectivity index (χ4v) is 2.05. The van der Waals surface area contributed by atoms with Gasteiger partial charge in [-0.3, -0.25) is 0 Å². The molecule has 110 valence electrons. The summed E-state index contributed by atoms with van der Waals surface area (Å²) in [6.45, 7) is 6.56. The van der Waals surface area contributed by atoms with E-state index in [0.717, 1.165) is 6.42 Å². The Morgan fingerprint density at radius 3 is 2.80 bits per heavy atom. The number of nitrogens with zero attached hydrogens (tertiary/aromatic N) is 1. The van der Waals surface area contributed by atoms with Gasteiger partial charge in [0.15, 0.2) is 0 Å². The van der Waals surface area contributed by atoms with Crippen molar-refractivity contribution in [3.05, 3.63) is 30.1 Å². The molecule has 0 saturated carbocycles. The second kappa shape index (κ2) is 5.69. The summed E-state index contributed by atoms with van der Waals surface area (Å²) in [6, 6.07) is 6.02. The molecule has 1 aliphatic heterocycles. The SMILES string of the molecule is CC(C)(C)OC(=O)N1CC[C@H](Oc2cccc(F)c2)C1. The summed E-state index contributed by atoms with van der Waals surface area (Å²) in [7, 11) is 0. The van der Waals surface area contributed by atoms with Crippen LogP contribution in [0.2, 0.25) is 0 Å². The summed E-state index contributed by atoms with van der Waals surface area (Å²) in [5.41, 5.74) is -0.501. The third-order valence-corrected chi connectivity index (χ3v) is 2.90. The monoisotopic (exact) mass is 281 g/mol. The number of hydrogen-bond donors (Lipinski definition) is 0. The fraction of sp³-hybridized carbons (Fsp3) is 0.533.